The van der Waals surface area contributed by atoms with Gasteiger partial charge in [-0.2, -0.15) is 0 Å². The number of anilines is 1. The number of hydrogen-bond donors (Lipinski definition) is 2. The fraction of sp³-hybridized carbons (Fsp3) is 0.700. The molecule has 0 radical (unpaired) electrons. The number of nitrogens with two attached hydrogens (primary N) is 1. The number of aryl methyl sites for hydroxylation is 1. The molecule has 0 unspecified atom stereocenters. The summed E-state index contributed by atoms with van der Waals surface area (Å²) < 4.78 is 31.8. The molecule has 0 bridgehead atoms. The molecule has 0 spiro atoms. The van der Waals surface area contributed by atoms with E-state index in [0.717, 1.165) is 17.9 Å². The maximum absolute atomic E-state index is 11.9. The Morgan fingerprint density at radius 1 is 1.42 bits per heavy atom. The Morgan fingerprint density at radius 2 is 2.11 bits per heavy atom. The number of rotatable bonds is 8. The van der Waals surface area contributed by atoms with E-state index in [1.165, 1.54) is 0 Å². The van der Waals surface area contributed by atoms with Crippen molar-refractivity contribution in [1.29, 1.82) is 0 Å². The third-order valence-electron chi connectivity index (χ3n) is 2.24. The highest BCUT2D eigenvalue weighted by Crippen LogP contribution is 2.24. The molecule has 0 fully saturated rings. The van der Waals surface area contributed by atoms with Crippen molar-refractivity contribution in [3.63, 3.8) is 0 Å². The lowest BCUT2D eigenvalue weighted by Crippen LogP contribution is -2.28. The Kier molecular flexibility index (Phi) is 6.14. The number of aromatic nitrogens is 1. The van der Waals surface area contributed by atoms with Gasteiger partial charge in [0.2, 0.25) is 0 Å². The molecule has 0 aliphatic rings. The molecule has 1 aromatic rings. The number of nitrogen functional groups attached to an aromatic ring is 1. The zero-order valence-corrected chi connectivity index (χ0v) is 13.0. The maximum Gasteiger partial charge on any atom is 0.252 e. The summed E-state index contributed by atoms with van der Waals surface area (Å²) in [7, 11) is 0.357. The van der Waals surface area contributed by atoms with Crippen molar-refractivity contribution in [2.75, 3.05) is 46.1 Å². The van der Waals surface area contributed by atoms with E-state index in [1.54, 1.807) is 6.92 Å². The number of ether oxygens (including phenoxy) is 1. The van der Waals surface area contributed by atoms with Crippen molar-refractivity contribution in [3.8, 4) is 0 Å². The number of nitrogens with one attached hydrogen (secondary N) is 1. The zero-order valence-electron chi connectivity index (χ0n) is 11.3. The Balaban J connectivity index is 2.38. The second-order valence-corrected chi connectivity index (χ2v) is 7.23. The third kappa shape index (κ3) is 5.41. The minimum Gasteiger partial charge on any atom is -0.379 e. The van der Waals surface area contributed by atoms with Crippen LogP contribution in [-0.2, 0) is 14.8 Å². The summed E-state index contributed by atoms with van der Waals surface area (Å²) in [5, 5.41) is 0.250. The summed E-state index contributed by atoms with van der Waals surface area (Å²) in [4.78, 5) is 5.89. The lowest BCUT2D eigenvalue weighted by Gasteiger charge is -2.10. The normalized spacial score (nSPS) is 12.2. The molecular formula is C10H20N4O3S2. The van der Waals surface area contributed by atoms with Gasteiger partial charge < -0.3 is 15.4 Å². The monoisotopic (exact) mass is 308 g/mol. The second kappa shape index (κ2) is 7.15. The molecule has 0 aliphatic carbocycles. The van der Waals surface area contributed by atoms with Crippen LogP contribution in [0, 0.1) is 6.92 Å². The van der Waals surface area contributed by atoms with E-state index in [1.807, 2.05) is 19.0 Å². The number of thiazole rings is 1. The smallest absolute Gasteiger partial charge is 0.252 e. The molecule has 0 atom stereocenters. The molecule has 0 amide bonds. The van der Waals surface area contributed by atoms with E-state index < -0.39 is 10.0 Å². The quantitative estimate of drug-likeness (QED) is 0.650. The van der Waals surface area contributed by atoms with Gasteiger partial charge in [0, 0.05) is 13.1 Å². The average molecular weight is 308 g/mol. The molecule has 0 aromatic carbocycles. The Morgan fingerprint density at radius 3 is 2.63 bits per heavy atom. The number of hydrogen-bond acceptors (Lipinski definition) is 7. The Hall–Kier alpha value is -0.740. The van der Waals surface area contributed by atoms with Crippen LogP contribution in [-0.4, -0.2) is 58.7 Å². The largest absolute Gasteiger partial charge is 0.379 e. The third-order valence-corrected chi connectivity index (χ3v) is 5.29. The number of likely N-dealkylation sites (N-methyl/N-ethyl adjacent to an activating group) is 1. The summed E-state index contributed by atoms with van der Waals surface area (Å²) in [6.45, 7) is 3.56. The highest BCUT2D eigenvalue weighted by molar-refractivity contribution is 7.91. The standard InChI is InChI=1S/C10H20N4O3S2/c1-8-9(18-10(11)13-8)19(15,16)12-4-6-17-7-5-14(2)3/h12H,4-7H2,1-3H3,(H2,11,13). The first-order valence-electron chi connectivity index (χ1n) is 5.78. The van der Waals surface area contributed by atoms with Crippen LogP contribution in [0.5, 0.6) is 0 Å². The van der Waals surface area contributed by atoms with E-state index in [-0.39, 0.29) is 15.9 Å². The average Bonchev–Trinajstić information content (AvgIpc) is 2.63. The van der Waals surface area contributed by atoms with Crippen LogP contribution in [0.25, 0.3) is 0 Å². The fourth-order valence-electron chi connectivity index (χ4n) is 1.31. The molecular weight excluding hydrogens is 288 g/mol. The van der Waals surface area contributed by atoms with Crippen molar-refractivity contribution in [3.05, 3.63) is 5.69 Å². The van der Waals surface area contributed by atoms with Crippen molar-refractivity contribution >= 4 is 26.5 Å². The topological polar surface area (TPSA) is 97.5 Å². The lowest BCUT2D eigenvalue weighted by molar-refractivity contribution is 0.122. The molecule has 0 saturated heterocycles. The molecule has 19 heavy (non-hydrogen) atoms. The van der Waals surface area contributed by atoms with Crippen LogP contribution >= 0.6 is 11.3 Å². The van der Waals surface area contributed by atoms with Gasteiger partial charge in [0.15, 0.2) is 9.34 Å². The van der Waals surface area contributed by atoms with Crippen LogP contribution in [0.3, 0.4) is 0 Å². The second-order valence-electron chi connectivity index (χ2n) is 4.24. The fourth-order valence-corrected chi connectivity index (χ4v) is 3.67. The van der Waals surface area contributed by atoms with Gasteiger partial charge in [0.05, 0.1) is 18.9 Å². The molecule has 110 valence electrons. The van der Waals surface area contributed by atoms with Gasteiger partial charge in [0.1, 0.15) is 0 Å². The minimum absolute atomic E-state index is 0.165. The van der Waals surface area contributed by atoms with E-state index in [4.69, 9.17) is 10.5 Å². The number of sulfonamides is 1. The predicted molar refractivity (Wildman–Crippen MR) is 75.8 cm³/mol. The highest BCUT2D eigenvalue weighted by Gasteiger charge is 2.20. The molecule has 1 rings (SSSR count). The molecule has 0 saturated carbocycles. The molecule has 1 aromatic heterocycles. The van der Waals surface area contributed by atoms with Crippen LogP contribution < -0.4 is 10.5 Å². The predicted octanol–water partition coefficient (Wildman–Crippen LogP) is -0.110. The lowest BCUT2D eigenvalue weighted by atomic mass is 10.6. The molecule has 7 nitrogen and oxygen atoms in total. The minimum atomic E-state index is -3.54. The van der Waals surface area contributed by atoms with Gasteiger partial charge in [0.25, 0.3) is 10.0 Å². The van der Waals surface area contributed by atoms with Crippen molar-refractivity contribution in [1.82, 2.24) is 14.6 Å². The first-order valence-corrected chi connectivity index (χ1v) is 8.08. The van der Waals surface area contributed by atoms with Crippen LogP contribution in [0.1, 0.15) is 5.69 Å². The van der Waals surface area contributed by atoms with Crippen LogP contribution in [0.4, 0.5) is 5.13 Å². The summed E-state index contributed by atoms with van der Waals surface area (Å²) in [5.41, 5.74) is 5.90. The van der Waals surface area contributed by atoms with E-state index in [0.29, 0.717) is 18.9 Å². The first kappa shape index (κ1) is 16.3. The van der Waals surface area contributed by atoms with Crippen molar-refractivity contribution in [2.45, 2.75) is 11.1 Å². The Bertz CT molecular complexity index is 499. The van der Waals surface area contributed by atoms with E-state index >= 15 is 0 Å². The molecule has 3 N–H and O–H groups in total. The first-order chi connectivity index (χ1) is 8.83. The molecule has 1 heterocycles. The summed E-state index contributed by atoms with van der Waals surface area (Å²) in [5.74, 6) is 0. The van der Waals surface area contributed by atoms with Gasteiger partial charge >= 0.3 is 0 Å². The van der Waals surface area contributed by atoms with E-state index in [9.17, 15) is 8.42 Å². The van der Waals surface area contributed by atoms with E-state index in [2.05, 4.69) is 9.71 Å². The number of nitrogens with zero attached hydrogens (tertiary/aromatic N) is 2. The highest BCUT2D eigenvalue weighted by atomic mass is 32.2. The Labute approximate surface area is 117 Å². The maximum atomic E-state index is 11.9. The summed E-state index contributed by atoms with van der Waals surface area (Å²) in [6.07, 6.45) is 0. The van der Waals surface area contributed by atoms with Crippen LogP contribution in [0.15, 0.2) is 4.21 Å². The van der Waals surface area contributed by atoms with Gasteiger partial charge in [-0.15, -0.1) is 0 Å². The van der Waals surface area contributed by atoms with Crippen molar-refractivity contribution < 1.29 is 13.2 Å². The summed E-state index contributed by atoms with van der Waals surface area (Å²) >= 11 is 0.962. The summed E-state index contributed by atoms with van der Waals surface area (Å²) in [6, 6.07) is 0. The van der Waals surface area contributed by atoms with Gasteiger partial charge in [-0.05, 0) is 21.0 Å². The zero-order chi connectivity index (χ0) is 14.5. The van der Waals surface area contributed by atoms with Crippen molar-refractivity contribution in [2.24, 2.45) is 0 Å². The van der Waals surface area contributed by atoms with Crippen LogP contribution in [0.2, 0.25) is 0 Å². The van der Waals surface area contributed by atoms with Gasteiger partial charge in [-0.1, -0.05) is 11.3 Å². The SMILES string of the molecule is Cc1nc(N)sc1S(=O)(=O)NCCOCCN(C)C. The van der Waals surface area contributed by atoms with Gasteiger partial charge in [-0.3, -0.25) is 0 Å². The van der Waals surface area contributed by atoms with Gasteiger partial charge in [-0.25, -0.2) is 18.1 Å². The molecule has 9 heteroatoms. The molecule has 0 aliphatic heterocycles.